The summed E-state index contributed by atoms with van der Waals surface area (Å²) in [4.78, 5) is 36.2. The van der Waals surface area contributed by atoms with Crippen molar-refractivity contribution in [1.29, 1.82) is 0 Å². The molecule has 0 aliphatic carbocycles. The number of nitrogens with zero attached hydrogens (tertiary/aromatic N) is 1. The first kappa shape index (κ1) is 19.0. The Morgan fingerprint density at radius 2 is 1.54 bits per heavy atom. The van der Waals surface area contributed by atoms with Gasteiger partial charge in [0.2, 0.25) is 11.8 Å². The monoisotopic (exact) mass is 355 g/mol. The summed E-state index contributed by atoms with van der Waals surface area (Å²) < 4.78 is 4.63. The zero-order valence-electron chi connectivity index (χ0n) is 14.9. The van der Waals surface area contributed by atoms with Gasteiger partial charge in [-0.2, -0.15) is 0 Å². The summed E-state index contributed by atoms with van der Waals surface area (Å²) in [6.45, 7) is 1.56. The number of amides is 2. The Kier molecular flexibility index (Phi) is 6.32. The summed E-state index contributed by atoms with van der Waals surface area (Å²) in [7, 11) is 3.01. The summed E-state index contributed by atoms with van der Waals surface area (Å²) >= 11 is 0. The number of ether oxygens (including phenoxy) is 1. The van der Waals surface area contributed by atoms with Gasteiger partial charge in [0.25, 0.3) is 0 Å². The second-order valence-corrected chi connectivity index (χ2v) is 5.60. The van der Waals surface area contributed by atoms with E-state index in [1.54, 1.807) is 55.6 Å². The number of anilines is 3. The van der Waals surface area contributed by atoms with Gasteiger partial charge in [-0.05, 0) is 48.5 Å². The third-order valence-corrected chi connectivity index (χ3v) is 3.77. The molecular weight excluding hydrogens is 334 g/mol. The minimum Gasteiger partial charge on any atom is -0.465 e. The molecule has 0 saturated carbocycles. The highest BCUT2D eigenvalue weighted by Gasteiger charge is 2.07. The lowest BCUT2D eigenvalue weighted by Crippen LogP contribution is -2.23. The standard InChI is InChI=1S/C19H21N3O4/c1-13(23)22(2)17-10-8-16(9-11-17)21-18(24)12-20-15-6-4-14(5-7-15)19(25)26-3/h4-11,20H,12H2,1-3H3,(H,21,24). The van der Waals surface area contributed by atoms with E-state index in [-0.39, 0.29) is 18.4 Å². The van der Waals surface area contributed by atoms with E-state index in [1.165, 1.54) is 18.9 Å². The average molecular weight is 355 g/mol. The lowest BCUT2D eigenvalue weighted by molar-refractivity contribution is -0.116. The number of carbonyl (C=O) groups is 3. The van der Waals surface area contributed by atoms with Crippen LogP contribution in [0.2, 0.25) is 0 Å². The van der Waals surface area contributed by atoms with E-state index in [0.717, 1.165) is 5.69 Å². The van der Waals surface area contributed by atoms with Crippen molar-refractivity contribution in [2.45, 2.75) is 6.92 Å². The lowest BCUT2D eigenvalue weighted by Gasteiger charge is -2.15. The largest absolute Gasteiger partial charge is 0.465 e. The number of benzene rings is 2. The third-order valence-electron chi connectivity index (χ3n) is 3.77. The molecule has 2 aromatic rings. The molecule has 26 heavy (non-hydrogen) atoms. The van der Waals surface area contributed by atoms with Crippen LogP contribution in [0.1, 0.15) is 17.3 Å². The molecular formula is C19H21N3O4. The Hall–Kier alpha value is -3.35. The third kappa shape index (κ3) is 5.07. The lowest BCUT2D eigenvalue weighted by atomic mass is 10.2. The quantitative estimate of drug-likeness (QED) is 0.778. The molecule has 7 heteroatoms. The average Bonchev–Trinajstić information content (AvgIpc) is 2.66. The van der Waals surface area contributed by atoms with Gasteiger partial charge in [-0.3, -0.25) is 9.59 Å². The van der Waals surface area contributed by atoms with Crippen molar-refractivity contribution in [3.05, 3.63) is 54.1 Å². The molecule has 0 aliphatic rings. The van der Waals surface area contributed by atoms with Crippen LogP contribution >= 0.6 is 0 Å². The SMILES string of the molecule is COC(=O)c1ccc(NCC(=O)Nc2ccc(N(C)C(C)=O)cc2)cc1. The molecule has 0 unspecified atom stereocenters. The first-order valence-corrected chi connectivity index (χ1v) is 7.97. The maximum Gasteiger partial charge on any atom is 0.337 e. The molecule has 0 aliphatic heterocycles. The maximum absolute atomic E-state index is 12.0. The fourth-order valence-corrected chi connectivity index (χ4v) is 2.18. The second-order valence-electron chi connectivity index (χ2n) is 5.60. The van der Waals surface area contributed by atoms with Crippen LogP contribution in [0.25, 0.3) is 0 Å². The minimum absolute atomic E-state index is 0.0656. The Morgan fingerprint density at radius 3 is 2.08 bits per heavy atom. The van der Waals surface area contributed by atoms with Gasteiger partial charge in [0.15, 0.2) is 0 Å². The second kappa shape index (κ2) is 8.66. The number of rotatable bonds is 6. The van der Waals surface area contributed by atoms with Crippen LogP contribution in [-0.2, 0) is 14.3 Å². The summed E-state index contributed by atoms with van der Waals surface area (Å²) in [5.74, 6) is -0.688. The van der Waals surface area contributed by atoms with Crippen molar-refractivity contribution in [2.75, 3.05) is 36.2 Å². The van der Waals surface area contributed by atoms with Crippen molar-refractivity contribution < 1.29 is 19.1 Å². The smallest absolute Gasteiger partial charge is 0.337 e. The molecule has 0 atom stereocenters. The molecule has 2 aromatic carbocycles. The zero-order chi connectivity index (χ0) is 19.1. The molecule has 0 fully saturated rings. The Bertz CT molecular complexity index is 785. The van der Waals surface area contributed by atoms with Crippen LogP contribution in [0.15, 0.2) is 48.5 Å². The van der Waals surface area contributed by atoms with Crippen LogP contribution < -0.4 is 15.5 Å². The van der Waals surface area contributed by atoms with Crippen molar-refractivity contribution in [2.24, 2.45) is 0 Å². The first-order chi connectivity index (χ1) is 12.4. The summed E-state index contributed by atoms with van der Waals surface area (Å²) in [6.07, 6.45) is 0. The number of esters is 1. The minimum atomic E-state index is -0.409. The molecule has 0 radical (unpaired) electrons. The van der Waals surface area contributed by atoms with E-state index in [0.29, 0.717) is 16.9 Å². The van der Waals surface area contributed by atoms with Crippen LogP contribution in [-0.4, -0.2) is 38.5 Å². The van der Waals surface area contributed by atoms with Gasteiger partial charge >= 0.3 is 5.97 Å². The number of carbonyl (C=O) groups excluding carboxylic acids is 3. The van der Waals surface area contributed by atoms with Gasteiger partial charge in [0, 0.05) is 31.0 Å². The summed E-state index contributed by atoms with van der Waals surface area (Å²) in [6, 6.07) is 13.6. The van der Waals surface area contributed by atoms with E-state index < -0.39 is 5.97 Å². The first-order valence-electron chi connectivity index (χ1n) is 7.97. The fourth-order valence-electron chi connectivity index (χ4n) is 2.18. The molecule has 2 amide bonds. The van der Waals surface area contributed by atoms with Gasteiger partial charge in [-0.1, -0.05) is 0 Å². The summed E-state index contributed by atoms with van der Waals surface area (Å²) in [5, 5.41) is 5.74. The normalized spacial score (nSPS) is 9.96. The predicted octanol–water partition coefficient (Wildman–Crippen LogP) is 2.51. The number of methoxy groups -OCH3 is 1. The van der Waals surface area contributed by atoms with Crippen LogP contribution in [0.5, 0.6) is 0 Å². The maximum atomic E-state index is 12.0. The Labute approximate surface area is 152 Å². The molecule has 7 nitrogen and oxygen atoms in total. The molecule has 0 heterocycles. The molecule has 2 rings (SSSR count). The van der Waals surface area contributed by atoms with Gasteiger partial charge in [0.1, 0.15) is 0 Å². The van der Waals surface area contributed by atoms with E-state index in [1.807, 2.05) is 0 Å². The van der Waals surface area contributed by atoms with Crippen molar-refractivity contribution >= 4 is 34.8 Å². The van der Waals surface area contributed by atoms with E-state index in [2.05, 4.69) is 15.4 Å². The highest BCUT2D eigenvalue weighted by molar-refractivity contribution is 5.95. The van der Waals surface area contributed by atoms with Crippen molar-refractivity contribution in [3.8, 4) is 0 Å². The number of nitrogens with one attached hydrogen (secondary N) is 2. The van der Waals surface area contributed by atoms with Crippen molar-refractivity contribution in [1.82, 2.24) is 0 Å². The molecule has 136 valence electrons. The van der Waals surface area contributed by atoms with Gasteiger partial charge in [-0.15, -0.1) is 0 Å². The highest BCUT2D eigenvalue weighted by atomic mass is 16.5. The molecule has 0 saturated heterocycles. The molecule has 2 N–H and O–H groups in total. The van der Waals surface area contributed by atoms with Gasteiger partial charge < -0.3 is 20.3 Å². The number of hydrogen-bond donors (Lipinski definition) is 2. The van der Waals surface area contributed by atoms with Crippen LogP contribution in [0.4, 0.5) is 17.1 Å². The Balaban J connectivity index is 1.87. The molecule has 0 spiro atoms. The summed E-state index contributed by atoms with van der Waals surface area (Å²) in [5.41, 5.74) is 2.54. The van der Waals surface area contributed by atoms with Crippen LogP contribution in [0.3, 0.4) is 0 Å². The Morgan fingerprint density at radius 1 is 0.962 bits per heavy atom. The zero-order valence-corrected chi connectivity index (χ0v) is 14.9. The molecule has 0 aromatic heterocycles. The highest BCUT2D eigenvalue weighted by Crippen LogP contribution is 2.17. The topological polar surface area (TPSA) is 87.7 Å². The van der Waals surface area contributed by atoms with Crippen LogP contribution in [0, 0.1) is 0 Å². The van der Waals surface area contributed by atoms with E-state index >= 15 is 0 Å². The van der Waals surface area contributed by atoms with E-state index in [9.17, 15) is 14.4 Å². The van der Waals surface area contributed by atoms with Gasteiger partial charge in [-0.25, -0.2) is 4.79 Å². The van der Waals surface area contributed by atoms with Gasteiger partial charge in [0.05, 0.1) is 19.2 Å². The predicted molar refractivity (Wildman–Crippen MR) is 100 cm³/mol. The number of hydrogen-bond acceptors (Lipinski definition) is 5. The van der Waals surface area contributed by atoms with Crippen molar-refractivity contribution in [3.63, 3.8) is 0 Å². The molecule has 0 bridgehead atoms. The van der Waals surface area contributed by atoms with E-state index in [4.69, 9.17) is 0 Å². The fraction of sp³-hybridized carbons (Fsp3) is 0.211.